The minimum absolute atomic E-state index is 0.195. The molecule has 6 rings (SSSR count). The molecular formula is C25H27N3O4. The van der Waals surface area contributed by atoms with Gasteiger partial charge in [0.05, 0.1) is 11.8 Å². The first-order valence-corrected chi connectivity index (χ1v) is 11.3. The van der Waals surface area contributed by atoms with E-state index in [0.29, 0.717) is 17.6 Å². The number of ether oxygens (including phenoxy) is 3. The van der Waals surface area contributed by atoms with E-state index in [1.807, 2.05) is 35.1 Å². The van der Waals surface area contributed by atoms with Gasteiger partial charge in [0.1, 0.15) is 11.9 Å². The van der Waals surface area contributed by atoms with Crippen molar-refractivity contribution in [2.24, 2.45) is 11.8 Å². The summed E-state index contributed by atoms with van der Waals surface area (Å²) in [6, 6.07) is 16.1. The Bertz CT molecular complexity index is 1090. The molecule has 3 heterocycles. The third kappa shape index (κ3) is 3.82. The van der Waals surface area contributed by atoms with Gasteiger partial charge in [0.25, 0.3) is 0 Å². The van der Waals surface area contributed by atoms with Crippen LogP contribution in [0.15, 0.2) is 60.9 Å². The smallest absolute Gasteiger partial charge is 0.231 e. The molecule has 1 saturated carbocycles. The molecule has 7 heteroatoms. The van der Waals surface area contributed by atoms with Crippen molar-refractivity contribution in [2.75, 3.05) is 19.9 Å². The van der Waals surface area contributed by atoms with Crippen LogP contribution in [0.4, 0.5) is 0 Å². The number of nitrogens with zero attached hydrogens (tertiary/aromatic N) is 3. The average Bonchev–Trinajstić information content (AvgIpc) is 3.55. The Morgan fingerprint density at radius 2 is 1.88 bits per heavy atom. The molecule has 1 aromatic heterocycles. The van der Waals surface area contributed by atoms with Crippen LogP contribution >= 0.6 is 0 Å². The van der Waals surface area contributed by atoms with Crippen LogP contribution in [0.5, 0.6) is 17.2 Å². The molecule has 2 fully saturated rings. The number of aliphatic hydroxyl groups excluding tert-OH is 1. The molecular weight excluding hydrogens is 406 g/mol. The second-order valence-electron chi connectivity index (χ2n) is 9.04. The third-order valence-corrected chi connectivity index (χ3v) is 6.88. The molecule has 1 saturated heterocycles. The second-order valence-corrected chi connectivity index (χ2v) is 9.04. The molecule has 0 bridgehead atoms. The summed E-state index contributed by atoms with van der Waals surface area (Å²) >= 11 is 0. The first-order chi connectivity index (χ1) is 15.7. The van der Waals surface area contributed by atoms with E-state index in [1.165, 1.54) is 5.56 Å². The number of benzene rings is 2. The van der Waals surface area contributed by atoms with Gasteiger partial charge >= 0.3 is 0 Å². The monoisotopic (exact) mass is 433 g/mol. The Morgan fingerprint density at radius 3 is 2.75 bits per heavy atom. The van der Waals surface area contributed by atoms with Crippen LogP contribution < -0.4 is 14.2 Å². The molecule has 0 unspecified atom stereocenters. The summed E-state index contributed by atoms with van der Waals surface area (Å²) in [7, 11) is 0. The largest absolute Gasteiger partial charge is 0.488 e. The van der Waals surface area contributed by atoms with Crippen molar-refractivity contribution in [3.63, 3.8) is 0 Å². The van der Waals surface area contributed by atoms with Gasteiger partial charge in [0.15, 0.2) is 11.5 Å². The summed E-state index contributed by atoms with van der Waals surface area (Å²) in [5.74, 6) is 3.21. The van der Waals surface area contributed by atoms with Crippen molar-refractivity contribution >= 4 is 0 Å². The minimum Gasteiger partial charge on any atom is -0.488 e. The van der Waals surface area contributed by atoms with Crippen LogP contribution in [-0.4, -0.2) is 51.9 Å². The molecule has 3 aliphatic rings. The Labute approximate surface area is 187 Å². The summed E-state index contributed by atoms with van der Waals surface area (Å²) in [6.07, 6.45) is 4.76. The highest BCUT2D eigenvalue weighted by atomic mass is 16.7. The molecule has 0 amide bonds. The summed E-state index contributed by atoms with van der Waals surface area (Å²) in [5.41, 5.74) is 2.36. The number of rotatable bonds is 5. The zero-order valence-corrected chi connectivity index (χ0v) is 17.8. The lowest BCUT2D eigenvalue weighted by molar-refractivity contribution is -0.0232. The van der Waals surface area contributed by atoms with Crippen LogP contribution in [0.1, 0.15) is 18.4 Å². The van der Waals surface area contributed by atoms with E-state index in [0.717, 1.165) is 49.7 Å². The average molecular weight is 434 g/mol. The fourth-order valence-corrected chi connectivity index (χ4v) is 5.35. The van der Waals surface area contributed by atoms with E-state index >= 15 is 0 Å². The molecule has 32 heavy (non-hydrogen) atoms. The van der Waals surface area contributed by atoms with Gasteiger partial charge in [0.2, 0.25) is 6.79 Å². The summed E-state index contributed by atoms with van der Waals surface area (Å²) < 4.78 is 18.9. The van der Waals surface area contributed by atoms with Crippen molar-refractivity contribution < 1.29 is 19.3 Å². The predicted octanol–water partition coefficient (Wildman–Crippen LogP) is 3.25. The summed E-state index contributed by atoms with van der Waals surface area (Å²) in [5, 5.41) is 15.1. The standard InChI is InChI=1S/C25H27N3O4/c29-22-10-18-14-27(13-17-3-1-4-20(9-17)28-8-2-7-26-28)15-19(18)11-24(22)32-21-5-6-23-25(12-21)31-16-30-23/h1-9,12,18-19,22,24,29H,10-11,13-16H2/t18-,19+,22+,24+/m0/s1. The Hall–Kier alpha value is -3.03. The molecule has 0 radical (unpaired) electrons. The second kappa shape index (κ2) is 8.15. The zero-order valence-electron chi connectivity index (χ0n) is 17.8. The van der Waals surface area contributed by atoms with Gasteiger partial charge in [-0.05, 0) is 60.6 Å². The fraction of sp³-hybridized carbons (Fsp3) is 0.400. The van der Waals surface area contributed by atoms with E-state index in [9.17, 15) is 5.11 Å². The number of hydrogen-bond donors (Lipinski definition) is 1. The molecule has 2 aliphatic heterocycles. The van der Waals surface area contributed by atoms with Gasteiger partial charge in [0, 0.05) is 38.1 Å². The maximum absolute atomic E-state index is 10.8. The van der Waals surface area contributed by atoms with Gasteiger partial charge in [-0.3, -0.25) is 4.90 Å². The lowest BCUT2D eigenvalue weighted by Gasteiger charge is -2.35. The quantitative estimate of drug-likeness (QED) is 0.666. The van der Waals surface area contributed by atoms with Gasteiger partial charge in [-0.1, -0.05) is 12.1 Å². The molecule has 4 atom stereocenters. The maximum Gasteiger partial charge on any atom is 0.231 e. The van der Waals surface area contributed by atoms with E-state index in [-0.39, 0.29) is 12.9 Å². The lowest BCUT2D eigenvalue weighted by Crippen LogP contribution is -2.42. The number of likely N-dealkylation sites (tertiary alicyclic amines) is 1. The lowest BCUT2D eigenvalue weighted by atomic mass is 9.78. The molecule has 1 N–H and O–H groups in total. The van der Waals surface area contributed by atoms with Crippen LogP contribution in [0, 0.1) is 11.8 Å². The van der Waals surface area contributed by atoms with Crippen LogP contribution in [0.25, 0.3) is 5.69 Å². The predicted molar refractivity (Wildman–Crippen MR) is 118 cm³/mol. The number of aromatic nitrogens is 2. The van der Waals surface area contributed by atoms with Gasteiger partial charge < -0.3 is 19.3 Å². The first-order valence-electron chi connectivity index (χ1n) is 11.3. The Morgan fingerprint density at radius 1 is 1.00 bits per heavy atom. The van der Waals surface area contributed by atoms with E-state index in [4.69, 9.17) is 14.2 Å². The van der Waals surface area contributed by atoms with Crippen LogP contribution in [-0.2, 0) is 6.54 Å². The van der Waals surface area contributed by atoms with Crippen molar-refractivity contribution in [2.45, 2.75) is 31.6 Å². The topological polar surface area (TPSA) is 69.0 Å². The van der Waals surface area contributed by atoms with Crippen LogP contribution in [0.3, 0.4) is 0 Å². The highest BCUT2D eigenvalue weighted by Crippen LogP contribution is 2.40. The zero-order chi connectivity index (χ0) is 21.5. The Kier molecular flexibility index (Phi) is 5.00. The SMILES string of the molecule is O[C@@H]1C[C@H]2CN(Cc3cccc(-n4cccn4)c3)C[C@H]2C[C@H]1Oc1ccc2c(c1)OCO2. The fourth-order valence-electron chi connectivity index (χ4n) is 5.35. The summed E-state index contributed by atoms with van der Waals surface area (Å²) in [6.45, 7) is 3.20. The van der Waals surface area contributed by atoms with Crippen LogP contribution in [0.2, 0.25) is 0 Å². The van der Waals surface area contributed by atoms with Crippen molar-refractivity contribution in [1.29, 1.82) is 0 Å². The van der Waals surface area contributed by atoms with Crippen molar-refractivity contribution in [3.05, 3.63) is 66.5 Å². The molecule has 0 spiro atoms. The maximum atomic E-state index is 10.8. The van der Waals surface area contributed by atoms with Crippen molar-refractivity contribution in [1.82, 2.24) is 14.7 Å². The third-order valence-electron chi connectivity index (χ3n) is 6.88. The number of fused-ring (bicyclic) bond motifs is 2. The van der Waals surface area contributed by atoms with E-state index in [2.05, 4.69) is 34.3 Å². The van der Waals surface area contributed by atoms with Gasteiger partial charge in [-0.15, -0.1) is 0 Å². The number of aliphatic hydroxyl groups is 1. The number of hydrogen-bond acceptors (Lipinski definition) is 6. The molecule has 1 aliphatic carbocycles. The summed E-state index contributed by atoms with van der Waals surface area (Å²) in [4.78, 5) is 2.51. The van der Waals surface area contributed by atoms with Gasteiger partial charge in [-0.2, -0.15) is 5.10 Å². The molecule has 3 aromatic rings. The minimum atomic E-state index is -0.454. The normalized spacial score (nSPS) is 26.8. The molecule has 2 aromatic carbocycles. The van der Waals surface area contributed by atoms with Gasteiger partial charge in [-0.25, -0.2) is 4.68 Å². The van der Waals surface area contributed by atoms with E-state index in [1.54, 1.807) is 6.20 Å². The highest BCUT2D eigenvalue weighted by Gasteiger charge is 2.42. The first kappa shape index (κ1) is 19.6. The molecule has 166 valence electrons. The van der Waals surface area contributed by atoms with Crippen molar-refractivity contribution in [3.8, 4) is 22.9 Å². The highest BCUT2D eigenvalue weighted by molar-refractivity contribution is 5.47. The Balaban J connectivity index is 1.10. The van der Waals surface area contributed by atoms with E-state index < -0.39 is 6.10 Å². The molecule has 7 nitrogen and oxygen atoms in total.